The van der Waals surface area contributed by atoms with Crippen LogP contribution in [0.4, 0.5) is 0 Å². The van der Waals surface area contributed by atoms with Crippen molar-refractivity contribution in [2.75, 3.05) is 21.3 Å². The molecule has 0 unspecified atom stereocenters. The minimum atomic E-state index is 0.829. The predicted octanol–water partition coefficient (Wildman–Crippen LogP) is 4.02. The Labute approximate surface area is 117 Å². The fraction of sp³-hybridized carbons (Fsp3) is 0.176. The lowest BCUT2D eigenvalue weighted by Crippen LogP contribution is -1.89. The third-order valence-corrected chi connectivity index (χ3v) is 3.55. The van der Waals surface area contributed by atoms with Crippen LogP contribution >= 0.6 is 0 Å². The molecule has 0 spiro atoms. The molecule has 0 radical (unpaired) electrons. The summed E-state index contributed by atoms with van der Waals surface area (Å²) in [5.74, 6) is 2.53. The van der Waals surface area contributed by atoms with Crippen molar-refractivity contribution >= 4 is 21.5 Å². The van der Waals surface area contributed by atoms with Gasteiger partial charge in [-0.3, -0.25) is 0 Å². The highest BCUT2D eigenvalue weighted by Gasteiger charge is 2.09. The lowest BCUT2D eigenvalue weighted by molar-refractivity contribution is 0.414. The van der Waals surface area contributed by atoms with Crippen molar-refractivity contribution in [1.29, 1.82) is 0 Å². The Kier molecular flexibility index (Phi) is 3.11. The van der Waals surface area contributed by atoms with Crippen LogP contribution in [-0.2, 0) is 0 Å². The Balaban J connectivity index is 2.45. The van der Waals surface area contributed by atoms with Crippen LogP contribution in [0.5, 0.6) is 17.2 Å². The van der Waals surface area contributed by atoms with Crippen LogP contribution in [-0.4, -0.2) is 21.3 Å². The first-order valence-corrected chi connectivity index (χ1v) is 6.39. The molecule has 0 fully saturated rings. The van der Waals surface area contributed by atoms with Crippen LogP contribution in [0.25, 0.3) is 21.5 Å². The first-order valence-electron chi connectivity index (χ1n) is 6.39. The van der Waals surface area contributed by atoms with E-state index in [0.29, 0.717) is 0 Å². The summed E-state index contributed by atoms with van der Waals surface area (Å²) in [5.41, 5.74) is 0. The third-order valence-electron chi connectivity index (χ3n) is 3.55. The molecule has 0 N–H and O–H groups in total. The normalized spacial score (nSPS) is 10.8. The molecule has 3 nitrogen and oxygen atoms in total. The second-order valence-electron chi connectivity index (χ2n) is 4.58. The third kappa shape index (κ3) is 1.92. The molecular formula is C17H16O3. The molecule has 0 heterocycles. The summed E-state index contributed by atoms with van der Waals surface area (Å²) in [4.78, 5) is 0. The first-order chi connectivity index (χ1) is 9.76. The topological polar surface area (TPSA) is 27.7 Å². The van der Waals surface area contributed by atoms with Gasteiger partial charge in [-0.15, -0.1) is 0 Å². The van der Waals surface area contributed by atoms with Crippen LogP contribution in [0.3, 0.4) is 0 Å². The van der Waals surface area contributed by atoms with Crippen LogP contribution in [0, 0.1) is 0 Å². The molecule has 0 aliphatic carbocycles. The molecule has 3 heteroatoms. The van der Waals surface area contributed by atoms with Crippen LogP contribution in [0.15, 0.2) is 42.5 Å². The second kappa shape index (κ2) is 4.93. The molecule has 0 saturated carbocycles. The molecule has 102 valence electrons. The fourth-order valence-electron chi connectivity index (χ4n) is 2.50. The minimum absolute atomic E-state index is 0.829. The number of rotatable bonds is 3. The summed E-state index contributed by atoms with van der Waals surface area (Å²) in [6.45, 7) is 0. The van der Waals surface area contributed by atoms with Gasteiger partial charge in [-0.25, -0.2) is 0 Å². The molecule has 0 bridgehead atoms. The lowest BCUT2D eigenvalue weighted by atomic mass is 10.0. The monoisotopic (exact) mass is 268 g/mol. The van der Waals surface area contributed by atoms with E-state index in [-0.39, 0.29) is 0 Å². The largest absolute Gasteiger partial charge is 0.497 e. The Bertz CT molecular complexity index is 778. The molecule has 3 aromatic rings. The van der Waals surface area contributed by atoms with Gasteiger partial charge in [-0.2, -0.15) is 0 Å². The van der Waals surface area contributed by atoms with Gasteiger partial charge >= 0.3 is 0 Å². The van der Waals surface area contributed by atoms with Gasteiger partial charge in [0.25, 0.3) is 0 Å². The molecule has 20 heavy (non-hydrogen) atoms. The second-order valence-corrected chi connectivity index (χ2v) is 4.58. The zero-order chi connectivity index (χ0) is 14.1. The van der Waals surface area contributed by atoms with Crippen molar-refractivity contribution in [2.45, 2.75) is 0 Å². The molecule has 0 atom stereocenters. The molecule has 3 rings (SSSR count). The van der Waals surface area contributed by atoms with E-state index in [0.717, 1.165) is 38.8 Å². The van der Waals surface area contributed by atoms with Gasteiger partial charge in [0.15, 0.2) is 0 Å². The summed E-state index contributed by atoms with van der Waals surface area (Å²) >= 11 is 0. The van der Waals surface area contributed by atoms with E-state index >= 15 is 0 Å². The Morgan fingerprint density at radius 1 is 0.600 bits per heavy atom. The smallest absolute Gasteiger partial charge is 0.127 e. The summed E-state index contributed by atoms with van der Waals surface area (Å²) in [7, 11) is 5.03. The average molecular weight is 268 g/mol. The maximum absolute atomic E-state index is 5.49. The number of hydrogen-bond donors (Lipinski definition) is 0. The number of fused-ring (bicyclic) bond motifs is 3. The van der Waals surface area contributed by atoms with Gasteiger partial charge in [0.05, 0.1) is 21.3 Å². The van der Waals surface area contributed by atoms with E-state index in [9.17, 15) is 0 Å². The Morgan fingerprint density at radius 2 is 1.25 bits per heavy atom. The van der Waals surface area contributed by atoms with Crippen molar-refractivity contribution in [3.8, 4) is 17.2 Å². The highest BCUT2D eigenvalue weighted by Crippen LogP contribution is 2.36. The van der Waals surface area contributed by atoms with Crippen molar-refractivity contribution in [3.63, 3.8) is 0 Å². The van der Waals surface area contributed by atoms with Gasteiger partial charge in [-0.05, 0) is 52.6 Å². The van der Waals surface area contributed by atoms with E-state index in [4.69, 9.17) is 14.2 Å². The number of hydrogen-bond acceptors (Lipinski definition) is 3. The van der Waals surface area contributed by atoms with Crippen molar-refractivity contribution < 1.29 is 14.2 Å². The summed E-state index contributed by atoms with van der Waals surface area (Å²) in [6, 6.07) is 14.1. The Morgan fingerprint density at radius 3 is 1.90 bits per heavy atom. The van der Waals surface area contributed by atoms with Gasteiger partial charge in [0.1, 0.15) is 17.2 Å². The van der Waals surface area contributed by atoms with Crippen LogP contribution < -0.4 is 14.2 Å². The quantitative estimate of drug-likeness (QED) is 0.671. The summed E-state index contributed by atoms with van der Waals surface area (Å²) < 4.78 is 16.1. The summed E-state index contributed by atoms with van der Waals surface area (Å²) in [5, 5.41) is 4.40. The van der Waals surface area contributed by atoms with E-state index in [1.807, 2.05) is 42.5 Å². The van der Waals surface area contributed by atoms with Gasteiger partial charge in [0.2, 0.25) is 0 Å². The lowest BCUT2D eigenvalue weighted by Gasteiger charge is -2.11. The zero-order valence-corrected chi connectivity index (χ0v) is 11.8. The van der Waals surface area contributed by atoms with Gasteiger partial charge < -0.3 is 14.2 Å². The minimum Gasteiger partial charge on any atom is -0.497 e. The highest BCUT2D eigenvalue weighted by atomic mass is 16.5. The number of ether oxygens (including phenoxy) is 3. The molecule has 0 aromatic heterocycles. The molecule has 0 aliphatic rings. The van der Waals surface area contributed by atoms with Crippen molar-refractivity contribution in [1.82, 2.24) is 0 Å². The van der Waals surface area contributed by atoms with Gasteiger partial charge in [-0.1, -0.05) is 6.07 Å². The zero-order valence-electron chi connectivity index (χ0n) is 11.8. The maximum Gasteiger partial charge on any atom is 0.127 e. The average Bonchev–Trinajstić information content (AvgIpc) is 2.52. The SMILES string of the molecule is COc1ccc2cc(OC)c3ccc(OC)cc3c2c1. The molecular weight excluding hydrogens is 252 g/mol. The number of methoxy groups -OCH3 is 3. The first kappa shape index (κ1) is 12.6. The number of benzene rings is 3. The van der Waals surface area contributed by atoms with Crippen molar-refractivity contribution in [3.05, 3.63) is 42.5 Å². The van der Waals surface area contributed by atoms with E-state index in [2.05, 4.69) is 0 Å². The Hall–Kier alpha value is -2.42. The van der Waals surface area contributed by atoms with Crippen LogP contribution in [0.1, 0.15) is 0 Å². The van der Waals surface area contributed by atoms with Crippen molar-refractivity contribution in [2.24, 2.45) is 0 Å². The standard InChI is InChI=1S/C17H16O3/c1-18-12-5-4-11-8-17(20-3)14-7-6-13(19-2)10-16(14)15(11)9-12/h4-10H,1-3H3. The molecule has 0 amide bonds. The molecule has 0 aliphatic heterocycles. The predicted molar refractivity (Wildman–Crippen MR) is 81.1 cm³/mol. The summed E-state index contributed by atoms with van der Waals surface area (Å²) in [6.07, 6.45) is 0. The van der Waals surface area contributed by atoms with E-state index in [1.54, 1.807) is 21.3 Å². The molecule has 3 aromatic carbocycles. The van der Waals surface area contributed by atoms with Gasteiger partial charge in [0, 0.05) is 5.39 Å². The highest BCUT2D eigenvalue weighted by molar-refractivity contribution is 6.11. The maximum atomic E-state index is 5.49. The van der Waals surface area contributed by atoms with E-state index in [1.165, 1.54) is 0 Å². The fourth-order valence-corrected chi connectivity index (χ4v) is 2.50. The van der Waals surface area contributed by atoms with E-state index < -0.39 is 0 Å². The van der Waals surface area contributed by atoms with Crippen LogP contribution in [0.2, 0.25) is 0 Å². The molecule has 0 saturated heterocycles.